The molecule has 1 atom stereocenters. The van der Waals surface area contributed by atoms with Gasteiger partial charge in [-0.3, -0.25) is 0 Å². The predicted octanol–water partition coefficient (Wildman–Crippen LogP) is 3.68. The third-order valence-electron chi connectivity index (χ3n) is 2.76. The summed E-state index contributed by atoms with van der Waals surface area (Å²) in [6.45, 7) is 1.64. The zero-order valence-electron chi connectivity index (χ0n) is 9.80. The first-order chi connectivity index (χ1) is 8.51. The van der Waals surface area contributed by atoms with Crippen LogP contribution < -0.4 is 0 Å². The zero-order chi connectivity index (χ0) is 13.2. The SMILES string of the molecule is CC(c1[c]ccc(Cl)c1)S(=O)(=O)c1ccccc1. The number of hydrogen-bond acceptors (Lipinski definition) is 2. The highest BCUT2D eigenvalue weighted by molar-refractivity contribution is 7.91. The summed E-state index contributed by atoms with van der Waals surface area (Å²) in [5.41, 5.74) is 0.575. The molecule has 0 spiro atoms. The lowest BCUT2D eigenvalue weighted by molar-refractivity contribution is 0.586. The lowest BCUT2D eigenvalue weighted by atomic mass is 10.2. The molecule has 2 rings (SSSR count). The molecule has 0 saturated heterocycles. The number of halogens is 1. The van der Waals surface area contributed by atoms with Gasteiger partial charge in [-0.2, -0.15) is 0 Å². The van der Waals surface area contributed by atoms with Crippen molar-refractivity contribution in [2.75, 3.05) is 0 Å². The van der Waals surface area contributed by atoms with E-state index in [0.717, 1.165) is 0 Å². The molecule has 0 aliphatic rings. The molecule has 0 aromatic heterocycles. The van der Waals surface area contributed by atoms with Crippen LogP contribution in [0.25, 0.3) is 0 Å². The topological polar surface area (TPSA) is 34.1 Å². The fraction of sp³-hybridized carbons (Fsp3) is 0.143. The van der Waals surface area contributed by atoms with Gasteiger partial charge in [0.2, 0.25) is 0 Å². The van der Waals surface area contributed by atoms with E-state index in [1.165, 1.54) is 0 Å². The molecule has 2 nitrogen and oxygen atoms in total. The molecule has 0 aliphatic carbocycles. The van der Waals surface area contributed by atoms with Crippen molar-refractivity contribution in [2.45, 2.75) is 17.1 Å². The summed E-state index contributed by atoms with van der Waals surface area (Å²) in [6.07, 6.45) is 0. The van der Waals surface area contributed by atoms with Crippen LogP contribution in [0, 0.1) is 6.07 Å². The Morgan fingerprint density at radius 1 is 1.17 bits per heavy atom. The molecule has 18 heavy (non-hydrogen) atoms. The molecule has 4 heteroatoms. The number of hydrogen-bond donors (Lipinski definition) is 0. The van der Waals surface area contributed by atoms with Crippen molar-refractivity contribution in [1.29, 1.82) is 0 Å². The van der Waals surface area contributed by atoms with Crippen molar-refractivity contribution in [3.05, 3.63) is 65.2 Å². The molecule has 0 saturated carbocycles. The Labute approximate surface area is 112 Å². The molecule has 1 unspecified atom stereocenters. The van der Waals surface area contributed by atoms with Crippen LogP contribution in [0.2, 0.25) is 5.02 Å². The van der Waals surface area contributed by atoms with E-state index in [2.05, 4.69) is 6.07 Å². The number of rotatable bonds is 3. The van der Waals surface area contributed by atoms with Crippen molar-refractivity contribution in [3.8, 4) is 0 Å². The minimum atomic E-state index is -3.40. The Hall–Kier alpha value is -1.32. The first-order valence-corrected chi connectivity index (χ1v) is 7.40. The van der Waals surface area contributed by atoms with Crippen LogP contribution in [0.1, 0.15) is 17.7 Å². The molecule has 2 aromatic rings. The van der Waals surface area contributed by atoms with Crippen molar-refractivity contribution in [1.82, 2.24) is 0 Å². The molecule has 0 bridgehead atoms. The van der Waals surface area contributed by atoms with Gasteiger partial charge >= 0.3 is 0 Å². The van der Waals surface area contributed by atoms with Gasteiger partial charge in [-0.05, 0) is 42.8 Å². The van der Waals surface area contributed by atoms with Gasteiger partial charge in [-0.25, -0.2) is 8.42 Å². The van der Waals surface area contributed by atoms with E-state index in [0.29, 0.717) is 15.5 Å². The molecule has 1 radical (unpaired) electrons. The Morgan fingerprint density at radius 2 is 1.83 bits per heavy atom. The average molecular weight is 280 g/mol. The van der Waals surface area contributed by atoms with Gasteiger partial charge in [0.1, 0.15) is 0 Å². The zero-order valence-corrected chi connectivity index (χ0v) is 11.4. The van der Waals surface area contributed by atoms with Gasteiger partial charge < -0.3 is 0 Å². The maximum Gasteiger partial charge on any atom is 0.185 e. The van der Waals surface area contributed by atoms with E-state index < -0.39 is 15.1 Å². The molecular formula is C14H12ClO2S. The van der Waals surface area contributed by atoms with E-state index in [-0.39, 0.29) is 0 Å². The van der Waals surface area contributed by atoms with Gasteiger partial charge in [0.25, 0.3) is 0 Å². The average Bonchev–Trinajstić information content (AvgIpc) is 2.39. The first-order valence-electron chi connectivity index (χ1n) is 5.48. The smallest absolute Gasteiger partial charge is 0.185 e. The summed E-state index contributed by atoms with van der Waals surface area (Å²) >= 11 is 5.87. The summed E-state index contributed by atoms with van der Waals surface area (Å²) in [5.74, 6) is 0. The van der Waals surface area contributed by atoms with Gasteiger partial charge in [0.05, 0.1) is 10.1 Å². The van der Waals surface area contributed by atoms with E-state index >= 15 is 0 Å². The fourth-order valence-corrected chi connectivity index (χ4v) is 3.27. The van der Waals surface area contributed by atoms with Crippen molar-refractivity contribution < 1.29 is 8.42 Å². The Kier molecular flexibility index (Phi) is 3.73. The highest BCUT2D eigenvalue weighted by Crippen LogP contribution is 2.29. The summed E-state index contributed by atoms with van der Waals surface area (Å²) in [7, 11) is -3.40. The van der Waals surface area contributed by atoms with E-state index in [9.17, 15) is 8.42 Å². The molecule has 0 heterocycles. The van der Waals surface area contributed by atoms with Crippen molar-refractivity contribution in [3.63, 3.8) is 0 Å². The molecule has 0 fully saturated rings. The van der Waals surface area contributed by atoms with Gasteiger partial charge in [-0.15, -0.1) is 0 Å². The minimum absolute atomic E-state index is 0.311. The Morgan fingerprint density at radius 3 is 2.44 bits per heavy atom. The minimum Gasteiger partial charge on any atom is -0.223 e. The number of sulfone groups is 1. The van der Waals surface area contributed by atoms with Crippen LogP contribution in [0.15, 0.2) is 53.4 Å². The Bertz CT molecular complexity index is 636. The largest absolute Gasteiger partial charge is 0.223 e. The summed E-state index contributed by atoms with van der Waals surface area (Å²) in [4.78, 5) is 0.311. The van der Waals surface area contributed by atoms with E-state index in [4.69, 9.17) is 11.6 Å². The second kappa shape index (κ2) is 5.12. The maximum absolute atomic E-state index is 12.4. The highest BCUT2D eigenvalue weighted by atomic mass is 35.5. The summed E-state index contributed by atoms with van der Waals surface area (Å²) in [5, 5.41) is -0.155. The monoisotopic (exact) mass is 279 g/mol. The lowest BCUT2D eigenvalue weighted by Crippen LogP contribution is -2.10. The van der Waals surface area contributed by atoms with Gasteiger partial charge in [-0.1, -0.05) is 35.9 Å². The second-order valence-corrected chi connectivity index (χ2v) is 6.67. The van der Waals surface area contributed by atoms with Crippen molar-refractivity contribution >= 4 is 21.4 Å². The molecule has 93 valence electrons. The number of benzene rings is 2. The maximum atomic E-state index is 12.4. The van der Waals surface area contributed by atoms with E-state index in [1.807, 2.05) is 0 Å². The third kappa shape index (κ3) is 2.57. The first kappa shape index (κ1) is 13.1. The van der Waals surface area contributed by atoms with E-state index in [1.54, 1.807) is 55.5 Å². The van der Waals surface area contributed by atoms with Gasteiger partial charge in [0.15, 0.2) is 9.84 Å². The molecule has 0 amide bonds. The highest BCUT2D eigenvalue weighted by Gasteiger charge is 2.24. The summed E-state index contributed by atoms with van der Waals surface area (Å²) < 4.78 is 24.8. The molecule has 2 aromatic carbocycles. The second-order valence-electron chi connectivity index (χ2n) is 3.96. The molecular weight excluding hydrogens is 268 g/mol. The molecule has 0 aliphatic heterocycles. The van der Waals surface area contributed by atoms with Crippen LogP contribution in [-0.2, 0) is 9.84 Å². The quantitative estimate of drug-likeness (QED) is 0.859. The third-order valence-corrected chi connectivity index (χ3v) is 5.11. The molecule has 0 N–H and O–H groups in total. The summed E-state index contributed by atoms with van der Waals surface area (Å²) in [6, 6.07) is 16.3. The van der Waals surface area contributed by atoms with Crippen molar-refractivity contribution in [2.24, 2.45) is 0 Å². The van der Waals surface area contributed by atoms with Gasteiger partial charge in [0, 0.05) is 5.02 Å². The van der Waals surface area contributed by atoms with Crippen LogP contribution in [0.4, 0.5) is 0 Å². The lowest BCUT2D eigenvalue weighted by Gasteiger charge is -2.13. The standard InChI is InChI=1S/C14H12ClO2S/c1-11(12-6-5-7-13(15)10-12)18(16,17)14-8-3-2-4-9-14/h2-5,7-11H,1H3. The van der Waals surface area contributed by atoms with Crippen LogP contribution >= 0.6 is 11.6 Å². The van der Waals surface area contributed by atoms with Crippen LogP contribution in [0.3, 0.4) is 0 Å². The Balaban J connectivity index is 2.43. The van der Waals surface area contributed by atoms with Crippen LogP contribution in [-0.4, -0.2) is 8.42 Å². The predicted molar refractivity (Wildman–Crippen MR) is 72.3 cm³/mol. The normalized spacial score (nSPS) is 13.2. The van der Waals surface area contributed by atoms with Crippen LogP contribution in [0.5, 0.6) is 0 Å². The fourth-order valence-electron chi connectivity index (χ4n) is 1.67.